The molecular formula is C17H16N2O3S. The van der Waals surface area contributed by atoms with Crippen LogP contribution in [0.25, 0.3) is 21.9 Å². The molecule has 0 fully saturated rings. The lowest BCUT2D eigenvalue weighted by molar-refractivity contribution is 0.597. The van der Waals surface area contributed by atoms with Crippen molar-refractivity contribution in [3.05, 3.63) is 59.3 Å². The third-order valence-corrected chi connectivity index (χ3v) is 5.60. The first-order valence-corrected chi connectivity index (χ1v) is 8.86. The topological polar surface area (TPSA) is 69.0 Å². The van der Waals surface area contributed by atoms with Crippen molar-refractivity contribution in [1.29, 1.82) is 0 Å². The van der Waals surface area contributed by atoms with E-state index in [9.17, 15) is 13.2 Å². The molecular weight excluding hydrogens is 312 g/mol. The maximum atomic E-state index is 12.2. The zero-order valence-electron chi connectivity index (χ0n) is 12.9. The highest BCUT2D eigenvalue weighted by atomic mass is 32.2. The Hall–Kier alpha value is -2.47. The van der Waals surface area contributed by atoms with E-state index >= 15 is 0 Å². The third kappa shape index (κ3) is 2.66. The van der Waals surface area contributed by atoms with E-state index in [1.54, 1.807) is 56.8 Å². The van der Waals surface area contributed by atoms with Crippen LogP contribution in [0, 0.1) is 0 Å². The van der Waals surface area contributed by atoms with E-state index in [0.29, 0.717) is 10.8 Å². The van der Waals surface area contributed by atoms with Gasteiger partial charge in [-0.3, -0.25) is 9.78 Å². The van der Waals surface area contributed by atoms with Gasteiger partial charge >= 0.3 is 0 Å². The summed E-state index contributed by atoms with van der Waals surface area (Å²) >= 11 is 0. The van der Waals surface area contributed by atoms with Crippen LogP contribution in [0.4, 0.5) is 0 Å². The molecule has 0 saturated carbocycles. The highest BCUT2D eigenvalue weighted by Gasteiger charge is 2.14. The quantitative estimate of drug-likeness (QED) is 0.740. The molecule has 2 aromatic heterocycles. The van der Waals surface area contributed by atoms with E-state index < -0.39 is 9.84 Å². The molecule has 3 rings (SSSR count). The molecule has 0 amide bonds. The lowest BCUT2D eigenvalue weighted by Gasteiger charge is -2.10. The highest BCUT2D eigenvalue weighted by molar-refractivity contribution is 7.91. The number of aryl methyl sites for hydroxylation is 1. The van der Waals surface area contributed by atoms with Crippen molar-refractivity contribution in [2.45, 2.75) is 11.8 Å². The molecule has 2 heterocycles. The summed E-state index contributed by atoms with van der Waals surface area (Å²) < 4.78 is 25.7. The van der Waals surface area contributed by atoms with Gasteiger partial charge in [-0.1, -0.05) is 19.1 Å². The first kappa shape index (κ1) is 15.4. The standard InChI is InChI=1S/C17H16N2O3S/c1-3-23(21,22)13-6-4-5-12(9-13)16-11-19(2)17(20)14-7-8-18-10-15(14)16/h4-11H,3H2,1-2H3. The van der Waals surface area contributed by atoms with Crippen molar-refractivity contribution in [3.63, 3.8) is 0 Å². The lowest BCUT2D eigenvalue weighted by atomic mass is 10.0. The number of pyridine rings is 2. The monoisotopic (exact) mass is 328 g/mol. The summed E-state index contributed by atoms with van der Waals surface area (Å²) in [6.45, 7) is 1.62. The smallest absolute Gasteiger partial charge is 0.258 e. The second-order valence-corrected chi connectivity index (χ2v) is 7.59. The Kier molecular flexibility index (Phi) is 3.77. The van der Waals surface area contributed by atoms with Crippen molar-refractivity contribution in [3.8, 4) is 11.1 Å². The maximum Gasteiger partial charge on any atom is 0.258 e. The van der Waals surface area contributed by atoms with Crippen LogP contribution < -0.4 is 5.56 Å². The summed E-state index contributed by atoms with van der Waals surface area (Å²) in [4.78, 5) is 16.6. The van der Waals surface area contributed by atoms with Gasteiger partial charge in [-0.25, -0.2) is 8.42 Å². The number of hydrogen-bond acceptors (Lipinski definition) is 4. The summed E-state index contributed by atoms with van der Waals surface area (Å²) in [6, 6.07) is 8.45. The summed E-state index contributed by atoms with van der Waals surface area (Å²) in [7, 11) is -1.61. The van der Waals surface area contributed by atoms with Gasteiger partial charge in [-0.05, 0) is 23.8 Å². The second kappa shape index (κ2) is 5.62. The van der Waals surface area contributed by atoms with E-state index in [2.05, 4.69) is 4.98 Å². The Morgan fingerprint density at radius 2 is 1.96 bits per heavy atom. The van der Waals surface area contributed by atoms with Gasteiger partial charge in [0, 0.05) is 36.6 Å². The van der Waals surface area contributed by atoms with Crippen LogP contribution in [-0.2, 0) is 16.9 Å². The lowest BCUT2D eigenvalue weighted by Crippen LogP contribution is -2.16. The number of fused-ring (bicyclic) bond motifs is 1. The van der Waals surface area contributed by atoms with Crippen molar-refractivity contribution >= 4 is 20.6 Å². The Balaban J connectivity index is 2.32. The molecule has 0 unspecified atom stereocenters. The normalized spacial score (nSPS) is 11.7. The third-order valence-electron chi connectivity index (χ3n) is 3.87. The predicted molar refractivity (Wildman–Crippen MR) is 90.1 cm³/mol. The SMILES string of the molecule is CCS(=O)(=O)c1cccc(-c2cn(C)c(=O)c3ccncc23)c1. The molecule has 0 N–H and O–H groups in total. The van der Waals surface area contributed by atoms with Crippen LogP contribution in [0.2, 0.25) is 0 Å². The number of benzene rings is 1. The van der Waals surface area contributed by atoms with Crippen LogP contribution in [0.15, 0.2) is 58.6 Å². The minimum Gasteiger partial charge on any atom is -0.317 e. The van der Waals surface area contributed by atoms with E-state index in [1.165, 1.54) is 4.57 Å². The largest absolute Gasteiger partial charge is 0.317 e. The van der Waals surface area contributed by atoms with Gasteiger partial charge in [0.15, 0.2) is 9.84 Å². The average molecular weight is 328 g/mol. The van der Waals surface area contributed by atoms with Gasteiger partial charge in [0.2, 0.25) is 0 Å². The molecule has 0 bridgehead atoms. The van der Waals surface area contributed by atoms with E-state index in [0.717, 1.165) is 11.1 Å². The summed E-state index contributed by atoms with van der Waals surface area (Å²) in [5.74, 6) is 0.0477. The first-order chi connectivity index (χ1) is 10.9. The van der Waals surface area contributed by atoms with Crippen molar-refractivity contribution < 1.29 is 8.42 Å². The molecule has 0 aliphatic carbocycles. The van der Waals surface area contributed by atoms with Crippen LogP contribution in [0.1, 0.15) is 6.92 Å². The van der Waals surface area contributed by atoms with Crippen molar-refractivity contribution in [2.24, 2.45) is 7.05 Å². The van der Waals surface area contributed by atoms with E-state index in [-0.39, 0.29) is 16.2 Å². The fraction of sp³-hybridized carbons (Fsp3) is 0.176. The Bertz CT molecular complexity index is 1050. The van der Waals surface area contributed by atoms with Gasteiger partial charge < -0.3 is 4.57 Å². The number of sulfone groups is 1. The summed E-state index contributed by atoms with van der Waals surface area (Å²) in [5, 5.41) is 1.27. The van der Waals surface area contributed by atoms with Crippen molar-refractivity contribution in [1.82, 2.24) is 9.55 Å². The molecule has 3 aromatic rings. The van der Waals surface area contributed by atoms with Crippen LogP contribution in [-0.4, -0.2) is 23.7 Å². The first-order valence-electron chi connectivity index (χ1n) is 7.20. The Morgan fingerprint density at radius 3 is 2.70 bits per heavy atom. The highest BCUT2D eigenvalue weighted by Crippen LogP contribution is 2.28. The van der Waals surface area contributed by atoms with E-state index in [1.807, 2.05) is 6.07 Å². The van der Waals surface area contributed by atoms with Gasteiger partial charge in [0.25, 0.3) is 5.56 Å². The molecule has 0 saturated heterocycles. The molecule has 0 aliphatic heterocycles. The number of aromatic nitrogens is 2. The minimum atomic E-state index is -3.28. The van der Waals surface area contributed by atoms with Gasteiger partial charge in [-0.15, -0.1) is 0 Å². The van der Waals surface area contributed by atoms with Gasteiger partial charge in [0.1, 0.15) is 0 Å². The molecule has 0 spiro atoms. The zero-order chi connectivity index (χ0) is 16.6. The van der Waals surface area contributed by atoms with E-state index in [4.69, 9.17) is 0 Å². The Labute approximate surface area is 134 Å². The Morgan fingerprint density at radius 1 is 1.17 bits per heavy atom. The van der Waals surface area contributed by atoms with Crippen LogP contribution >= 0.6 is 0 Å². The average Bonchev–Trinajstić information content (AvgIpc) is 2.58. The number of hydrogen-bond donors (Lipinski definition) is 0. The van der Waals surface area contributed by atoms with Gasteiger partial charge in [0.05, 0.1) is 16.0 Å². The number of rotatable bonds is 3. The molecule has 118 valence electrons. The molecule has 23 heavy (non-hydrogen) atoms. The second-order valence-electron chi connectivity index (χ2n) is 5.31. The van der Waals surface area contributed by atoms with Crippen LogP contribution in [0.5, 0.6) is 0 Å². The van der Waals surface area contributed by atoms with Gasteiger partial charge in [-0.2, -0.15) is 0 Å². The zero-order valence-corrected chi connectivity index (χ0v) is 13.7. The molecule has 6 heteroatoms. The molecule has 1 aromatic carbocycles. The number of nitrogens with zero attached hydrogens (tertiary/aromatic N) is 2. The fourth-order valence-electron chi connectivity index (χ4n) is 2.56. The van der Waals surface area contributed by atoms with Crippen LogP contribution in [0.3, 0.4) is 0 Å². The maximum absolute atomic E-state index is 12.2. The predicted octanol–water partition coefficient (Wildman–Crippen LogP) is 2.39. The summed E-state index contributed by atoms with van der Waals surface area (Å²) in [6.07, 6.45) is 4.92. The molecule has 0 atom stereocenters. The summed E-state index contributed by atoms with van der Waals surface area (Å²) in [5.41, 5.74) is 1.42. The minimum absolute atomic E-state index is 0.0477. The molecule has 5 nitrogen and oxygen atoms in total. The molecule has 0 radical (unpaired) electrons. The van der Waals surface area contributed by atoms with Crippen molar-refractivity contribution in [2.75, 3.05) is 5.75 Å². The fourth-order valence-corrected chi connectivity index (χ4v) is 3.49. The molecule has 0 aliphatic rings.